The first kappa shape index (κ1) is 17.7. The minimum absolute atomic E-state index is 0.0968. The quantitative estimate of drug-likeness (QED) is 0.811. The van der Waals surface area contributed by atoms with Crippen LogP contribution in [0.4, 0.5) is 19.0 Å². The lowest BCUT2D eigenvalue weighted by atomic mass is 10.2. The first-order valence-electron chi connectivity index (χ1n) is 7.55. The molecule has 2 N–H and O–H groups in total. The number of nitrogens with zero attached hydrogens (tertiary/aromatic N) is 3. The summed E-state index contributed by atoms with van der Waals surface area (Å²) in [4.78, 5) is 43.6. The molecular formula is C15H13F3N4O4. The van der Waals surface area contributed by atoms with Gasteiger partial charge in [0.15, 0.2) is 0 Å². The first-order chi connectivity index (χ1) is 12.2. The van der Waals surface area contributed by atoms with Crippen molar-refractivity contribution in [2.45, 2.75) is 6.18 Å². The standard InChI is InChI=1S/C15H13F3N4O4/c16-15(17,18)14(26)22-5-3-21(4-6-22)10-2-1-8-11(23)9(13(24)25)7-19-12(8)20-10/h1-2,7H,3-6H2,(H,24,25)(H,19,20,23). The van der Waals surface area contributed by atoms with Gasteiger partial charge in [-0.2, -0.15) is 13.2 Å². The lowest BCUT2D eigenvalue weighted by molar-refractivity contribution is -0.185. The van der Waals surface area contributed by atoms with E-state index in [1.165, 1.54) is 12.1 Å². The number of alkyl halides is 3. The Morgan fingerprint density at radius 1 is 1.15 bits per heavy atom. The molecule has 0 aliphatic carbocycles. The Balaban J connectivity index is 1.80. The number of aromatic nitrogens is 2. The average molecular weight is 370 g/mol. The van der Waals surface area contributed by atoms with Crippen LogP contribution in [0.5, 0.6) is 0 Å². The molecule has 0 radical (unpaired) electrons. The molecule has 3 rings (SSSR count). The van der Waals surface area contributed by atoms with Crippen LogP contribution in [0, 0.1) is 0 Å². The maximum atomic E-state index is 12.5. The van der Waals surface area contributed by atoms with Crippen molar-refractivity contribution >= 4 is 28.7 Å². The Kier molecular flexibility index (Phi) is 4.30. The van der Waals surface area contributed by atoms with Crippen molar-refractivity contribution in [2.75, 3.05) is 31.1 Å². The molecule has 2 aromatic rings. The second-order valence-corrected chi connectivity index (χ2v) is 5.68. The molecule has 0 atom stereocenters. The normalized spacial score (nSPS) is 15.3. The van der Waals surface area contributed by atoms with Crippen molar-refractivity contribution in [1.82, 2.24) is 14.9 Å². The molecule has 0 bridgehead atoms. The van der Waals surface area contributed by atoms with Crippen LogP contribution in [0.15, 0.2) is 23.1 Å². The Labute approximate surface area is 143 Å². The molecule has 0 aromatic carbocycles. The number of aromatic amines is 1. The number of aromatic carboxylic acids is 1. The number of H-pyrrole nitrogens is 1. The van der Waals surface area contributed by atoms with Gasteiger partial charge in [-0.25, -0.2) is 9.78 Å². The number of nitrogens with one attached hydrogen (secondary N) is 1. The summed E-state index contributed by atoms with van der Waals surface area (Å²) in [6, 6.07) is 2.90. The number of pyridine rings is 2. The molecule has 0 saturated carbocycles. The molecule has 2 aromatic heterocycles. The summed E-state index contributed by atoms with van der Waals surface area (Å²) in [5.41, 5.74) is -0.913. The van der Waals surface area contributed by atoms with E-state index >= 15 is 0 Å². The SMILES string of the molecule is O=C(O)c1c[nH]c2nc(N3CCN(C(=O)C(F)(F)F)CC3)ccc2c1=O. The van der Waals surface area contributed by atoms with Crippen molar-refractivity contribution in [3.8, 4) is 0 Å². The van der Waals surface area contributed by atoms with Gasteiger partial charge in [-0.15, -0.1) is 0 Å². The van der Waals surface area contributed by atoms with E-state index in [1.807, 2.05) is 0 Å². The van der Waals surface area contributed by atoms with Gasteiger partial charge >= 0.3 is 18.1 Å². The van der Waals surface area contributed by atoms with E-state index in [1.54, 1.807) is 4.90 Å². The highest BCUT2D eigenvalue weighted by molar-refractivity contribution is 5.91. The maximum absolute atomic E-state index is 12.5. The molecular weight excluding hydrogens is 357 g/mol. The number of carbonyl (C=O) groups is 2. The molecule has 0 spiro atoms. The molecule has 26 heavy (non-hydrogen) atoms. The Hall–Kier alpha value is -3.11. The van der Waals surface area contributed by atoms with Crippen LogP contribution < -0.4 is 10.3 Å². The molecule has 0 unspecified atom stereocenters. The van der Waals surface area contributed by atoms with Crippen LogP contribution in [0.25, 0.3) is 11.0 Å². The monoisotopic (exact) mass is 370 g/mol. The fourth-order valence-corrected chi connectivity index (χ4v) is 2.75. The minimum Gasteiger partial charge on any atom is -0.477 e. The predicted octanol–water partition coefficient (Wildman–Crippen LogP) is 0.832. The van der Waals surface area contributed by atoms with Gasteiger partial charge in [0, 0.05) is 32.4 Å². The number of rotatable bonds is 2. The second-order valence-electron chi connectivity index (χ2n) is 5.68. The van der Waals surface area contributed by atoms with Gasteiger partial charge in [0.25, 0.3) is 0 Å². The number of hydrogen-bond acceptors (Lipinski definition) is 5. The van der Waals surface area contributed by atoms with Gasteiger partial charge in [0.1, 0.15) is 17.0 Å². The van der Waals surface area contributed by atoms with Crippen LogP contribution in [-0.4, -0.2) is 64.2 Å². The summed E-state index contributed by atoms with van der Waals surface area (Å²) in [5, 5.41) is 9.05. The summed E-state index contributed by atoms with van der Waals surface area (Å²) >= 11 is 0. The van der Waals surface area contributed by atoms with Gasteiger partial charge < -0.3 is 19.9 Å². The van der Waals surface area contributed by atoms with Crippen LogP contribution in [-0.2, 0) is 4.79 Å². The third-order valence-corrected chi connectivity index (χ3v) is 4.09. The Morgan fingerprint density at radius 3 is 2.38 bits per heavy atom. The highest BCUT2D eigenvalue weighted by Gasteiger charge is 2.43. The van der Waals surface area contributed by atoms with Crippen LogP contribution >= 0.6 is 0 Å². The number of carboxylic acids is 1. The molecule has 1 aliphatic heterocycles. The molecule has 1 saturated heterocycles. The Morgan fingerprint density at radius 2 is 1.81 bits per heavy atom. The molecule has 1 fully saturated rings. The second kappa shape index (κ2) is 6.32. The zero-order chi connectivity index (χ0) is 19.1. The number of anilines is 1. The Bertz CT molecular complexity index is 933. The van der Waals surface area contributed by atoms with Gasteiger partial charge in [0.05, 0.1) is 5.39 Å². The molecule has 1 aliphatic rings. The molecule has 1 amide bonds. The summed E-state index contributed by atoms with van der Waals surface area (Å²) in [7, 11) is 0. The summed E-state index contributed by atoms with van der Waals surface area (Å²) in [6.45, 7) is 0.0919. The number of amides is 1. The lowest BCUT2D eigenvalue weighted by Gasteiger charge is -2.35. The van der Waals surface area contributed by atoms with Crippen molar-refractivity contribution in [1.29, 1.82) is 0 Å². The largest absolute Gasteiger partial charge is 0.477 e. The third-order valence-electron chi connectivity index (χ3n) is 4.09. The highest BCUT2D eigenvalue weighted by atomic mass is 19.4. The smallest absolute Gasteiger partial charge is 0.471 e. The summed E-state index contributed by atoms with van der Waals surface area (Å²) < 4.78 is 37.4. The average Bonchev–Trinajstić information content (AvgIpc) is 2.60. The molecule has 11 heteroatoms. The first-order valence-corrected chi connectivity index (χ1v) is 7.55. The molecule has 138 valence electrons. The number of carboxylic acid groups (broad SMARTS) is 1. The van der Waals surface area contributed by atoms with Crippen molar-refractivity contribution < 1.29 is 27.9 Å². The fraction of sp³-hybridized carbons (Fsp3) is 0.333. The predicted molar refractivity (Wildman–Crippen MR) is 84.2 cm³/mol. The van der Waals surface area contributed by atoms with E-state index in [0.717, 1.165) is 11.1 Å². The van der Waals surface area contributed by atoms with E-state index in [0.29, 0.717) is 5.82 Å². The topological polar surface area (TPSA) is 107 Å². The fourth-order valence-electron chi connectivity index (χ4n) is 2.75. The highest BCUT2D eigenvalue weighted by Crippen LogP contribution is 2.21. The van der Waals surface area contributed by atoms with Crippen molar-refractivity contribution in [3.63, 3.8) is 0 Å². The zero-order valence-corrected chi connectivity index (χ0v) is 13.2. The summed E-state index contributed by atoms with van der Waals surface area (Å²) in [6.07, 6.45) is -3.85. The van der Waals surface area contributed by atoms with E-state index < -0.39 is 29.0 Å². The van der Waals surface area contributed by atoms with E-state index in [-0.39, 0.29) is 37.2 Å². The zero-order valence-electron chi connectivity index (χ0n) is 13.2. The maximum Gasteiger partial charge on any atom is 0.471 e. The van der Waals surface area contributed by atoms with Crippen LogP contribution in [0.2, 0.25) is 0 Å². The number of carbonyl (C=O) groups excluding carboxylic acids is 1. The lowest BCUT2D eigenvalue weighted by Crippen LogP contribution is -2.52. The van der Waals surface area contributed by atoms with Crippen LogP contribution in [0.1, 0.15) is 10.4 Å². The van der Waals surface area contributed by atoms with Crippen molar-refractivity contribution in [2.24, 2.45) is 0 Å². The van der Waals surface area contributed by atoms with E-state index in [9.17, 15) is 27.6 Å². The number of halogens is 3. The van der Waals surface area contributed by atoms with E-state index in [4.69, 9.17) is 5.11 Å². The molecule has 8 nitrogen and oxygen atoms in total. The third kappa shape index (κ3) is 3.19. The van der Waals surface area contributed by atoms with E-state index in [2.05, 4.69) is 9.97 Å². The van der Waals surface area contributed by atoms with Gasteiger partial charge in [-0.3, -0.25) is 9.59 Å². The van der Waals surface area contributed by atoms with Gasteiger partial charge in [0.2, 0.25) is 5.43 Å². The number of hydrogen-bond donors (Lipinski definition) is 2. The van der Waals surface area contributed by atoms with Crippen molar-refractivity contribution in [3.05, 3.63) is 34.1 Å². The minimum atomic E-state index is -4.90. The number of piperazine rings is 1. The van der Waals surface area contributed by atoms with Crippen LogP contribution in [0.3, 0.4) is 0 Å². The summed E-state index contributed by atoms with van der Waals surface area (Å²) in [5.74, 6) is -2.81. The van der Waals surface area contributed by atoms with Gasteiger partial charge in [-0.1, -0.05) is 0 Å². The van der Waals surface area contributed by atoms with Gasteiger partial charge in [-0.05, 0) is 12.1 Å². The molecule has 3 heterocycles. The number of fused-ring (bicyclic) bond motifs is 1.